The van der Waals surface area contributed by atoms with Crippen LogP contribution in [0.25, 0.3) is 11.0 Å². The van der Waals surface area contributed by atoms with Gasteiger partial charge in [-0.05, 0) is 24.1 Å². The normalized spacial score (nSPS) is 12.2. The third-order valence-electron chi connectivity index (χ3n) is 4.14. The molecule has 1 unspecified atom stereocenters. The Morgan fingerprint density at radius 3 is 2.63 bits per heavy atom. The lowest BCUT2D eigenvalue weighted by Crippen LogP contribution is -2.08. The van der Waals surface area contributed by atoms with Crippen LogP contribution in [0.1, 0.15) is 34.5 Å². The number of hydrogen-bond donors (Lipinski definition) is 1. The predicted molar refractivity (Wildman–Crippen MR) is 102 cm³/mol. The molecular weight excluding hydrogens is 393 g/mol. The Kier molecular flexibility index (Phi) is 5.89. The summed E-state index contributed by atoms with van der Waals surface area (Å²) in [5.74, 6) is -0.102. The lowest BCUT2D eigenvalue weighted by molar-refractivity contribution is 0.0527. The number of aliphatic hydroxyl groups is 1. The van der Waals surface area contributed by atoms with Crippen LogP contribution in [0.15, 0.2) is 35.2 Å². The highest BCUT2D eigenvalue weighted by Crippen LogP contribution is 2.38. The highest BCUT2D eigenvalue weighted by atomic mass is 35.5. The van der Waals surface area contributed by atoms with E-state index in [-0.39, 0.29) is 18.6 Å². The molecule has 0 spiro atoms. The van der Waals surface area contributed by atoms with Crippen molar-refractivity contribution in [2.24, 2.45) is 0 Å². The van der Waals surface area contributed by atoms with E-state index in [9.17, 15) is 9.90 Å². The van der Waals surface area contributed by atoms with Crippen LogP contribution in [0.5, 0.6) is 5.75 Å². The molecule has 0 aliphatic carbocycles. The molecule has 1 N–H and O–H groups in total. The molecule has 2 heterocycles. The first-order valence-electron chi connectivity index (χ1n) is 8.19. The summed E-state index contributed by atoms with van der Waals surface area (Å²) in [6.45, 7) is 1.93. The molecule has 27 heavy (non-hydrogen) atoms. The van der Waals surface area contributed by atoms with Crippen LogP contribution in [-0.2, 0) is 11.2 Å². The molecule has 8 heteroatoms. The van der Waals surface area contributed by atoms with E-state index in [0.717, 1.165) is 0 Å². The number of fused-ring (bicyclic) bond motifs is 1. The number of carbonyl (C=O) groups is 1. The van der Waals surface area contributed by atoms with Crippen LogP contribution in [0.3, 0.4) is 0 Å². The SMILES string of the molecule is CCOC(=O)c1coc2c(OC)ccc(C(O)Cc3c(Cl)cncc3Cl)c12. The van der Waals surface area contributed by atoms with Gasteiger partial charge in [0.15, 0.2) is 11.3 Å². The molecule has 1 aromatic carbocycles. The summed E-state index contributed by atoms with van der Waals surface area (Å²) < 4.78 is 15.9. The Morgan fingerprint density at radius 1 is 1.30 bits per heavy atom. The quantitative estimate of drug-likeness (QED) is 0.599. The summed E-state index contributed by atoms with van der Waals surface area (Å²) in [6.07, 6.45) is 3.35. The molecular formula is C19H17Cl2NO5. The fraction of sp³-hybridized carbons (Fsp3) is 0.263. The first kappa shape index (κ1) is 19.5. The van der Waals surface area contributed by atoms with E-state index in [0.29, 0.717) is 37.9 Å². The summed E-state index contributed by atoms with van der Waals surface area (Å²) in [4.78, 5) is 16.2. The van der Waals surface area contributed by atoms with E-state index < -0.39 is 12.1 Å². The standard InChI is InChI=1S/C19H17Cl2NO5/c1-3-26-19(24)12-9-27-18-16(25-2)5-4-10(17(12)18)15(23)6-11-13(20)7-22-8-14(11)21/h4-5,7-9,15,23H,3,6H2,1-2H3. The second-order valence-electron chi connectivity index (χ2n) is 5.73. The number of halogens is 2. The van der Waals surface area contributed by atoms with Gasteiger partial charge in [0, 0.05) is 24.2 Å². The van der Waals surface area contributed by atoms with Crippen molar-refractivity contribution < 1.29 is 23.8 Å². The fourth-order valence-corrected chi connectivity index (χ4v) is 3.40. The Hall–Kier alpha value is -2.28. The topological polar surface area (TPSA) is 81.8 Å². The third kappa shape index (κ3) is 3.74. The number of benzene rings is 1. The number of esters is 1. The molecule has 3 rings (SSSR count). The minimum atomic E-state index is -0.999. The maximum atomic E-state index is 12.3. The number of pyridine rings is 1. The number of ether oxygens (including phenoxy) is 2. The first-order valence-corrected chi connectivity index (χ1v) is 8.94. The molecule has 0 fully saturated rings. The van der Waals surface area contributed by atoms with Crippen LogP contribution >= 0.6 is 23.2 Å². The average Bonchev–Trinajstić information content (AvgIpc) is 3.09. The van der Waals surface area contributed by atoms with Crippen LogP contribution in [0, 0.1) is 0 Å². The van der Waals surface area contributed by atoms with Crippen molar-refractivity contribution in [2.75, 3.05) is 13.7 Å². The number of aliphatic hydroxyl groups excluding tert-OH is 1. The fourth-order valence-electron chi connectivity index (χ4n) is 2.88. The Bertz CT molecular complexity index is 965. The average molecular weight is 410 g/mol. The second kappa shape index (κ2) is 8.17. The number of methoxy groups -OCH3 is 1. The number of nitrogens with zero attached hydrogens (tertiary/aromatic N) is 1. The maximum absolute atomic E-state index is 12.3. The third-order valence-corrected chi connectivity index (χ3v) is 4.79. The van der Waals surface area contributed by atoms with E-state index >= 15 is 0 Å². The van der Waals surface area contributed by atoms with Crippen molar-refractivity contribution in [2.45, 2.75) is 19.4 Å². The number of furan rings is 1. The molecule has 1 atom stereocenters. The summed E-state index contributed by atoms with van der Waals surface area (Å²) in [6, 6.07) is 3.34. The van der Waals surface area contributed by atoms with Gasteiger partial charge in [0.05, 0.1) is 29.9 Å². The summed E-state index contributed by atoms with van der Waals surface area (Å²) >= 11 is 12.3. The van der Waals surface area contributed by atoms with Gasteiger partial charge in [-0.2, -0.15) is 0 Å². The van der Waals surface area contributed by atoms with Crippen LogP contribution in [0.2, 0.25) is 10.0 Å². The monoisotopic (exact) mass is 409 g/mol. The Labute approximate surface area is 165 Å². The minimum absolute atomic E-state index is 0.134. The van der Waals surface area contributed by atoms with Crippen molar-refractivity contribution in [3.8, 4) is 5.75 Å². The molecule has 0 bridgehead atoms. The zero-order valence-corrected chi connectivity index (χ0v) is 16.2. The molecule has 0 amide bonds. The highest BCUT2D eigenvalue weighted by Gasteiger charge is 2.25. The maximum Gasteiger partial charge on any atom is 0.342 e. The van der Waals surface area contributed by atoms with Crippen molar-refractivity contribution in [3.05, 3.63) is 57.5 Å². The van der Waals surface area contributed by atoms with Crippen molar-refractivity contribution in [1.82, 2.24) is 4.98 Å². The second-order valence-corrected chi connectivity index (χ2v) is 6.55. The zero-order chi connectivity index (χ0) is 19.6. The predicted octanol–water partition coefficient (Wildman–Crippen LogP) is 4.60. The van der Waals surface area contributed by atoms with Crippen molar-refractivity contribution in [1.29, 1.82) is 0 Å². The lowest BCUT2D eigenvalue weighted by atomic mass is 9.96. The smallest absolute Gasteiger partial charge is 0.342 e. The first-order chi connectivity index (χ1) is 13.0. The van der Waals surface area contributed by atoms with Gasteiger partial charge in [-0.1, -0.05) is 29.3 Å². The van der Waals surface area contributed by atoms with E-state index in [4.69, 9.17) is 37.1 Å². The molecule has 3 aromatic rings. The van der Waals surface area contributed by atoms with E-state index in [1.807, 2.05) is 0 Å². The van der Waals surface area contributed by atoms with Gasteiger partial charge in [-0.15, -0.1) is 0 Å². The molecule has 142 valence electrons. The Balaban J connectivity index is 2.10. The van der Waals surface area contributed by atoms with Gasteiger partial charge >= 0.3 is 5.97 Å². The molecule has 2 aromatic heterocycles. The zero-order valence-electron chi connectivity index (χ0n) is 14.7. The van der Waals surface area contributed by atoms with Gasteiger partial charge in [0.2, 0.25) is 0 Å². The lowest BCUT2D eigenvalue weighted by Gasteiger charge is -2.15. The number of aromatic nitrogens is 1. The van der Waals surface area contributed by atoms with Gasteiger partial charge in [0.25, 0.3) is 0 Å². The van der Waals surface area contributed by atoms with Crippen LogP contribution in [-0.4, -0.2) is 29.8 Å². The Morgan fingerprint density at radius 2 is 2.00 bits per heavy atom. The molecule has 6 nitrogen and oxygen atoms in total. The van der Waals surface area contributed by atoms with Crippen LogP contribution in [0.4, 0.5) is 0 Å². The van der Waals surface area contributed by atoms with E-state index in [2.05, 4.69) is 4.98 Å². The molecule has 0 aliphatic heterocycles. The molecule has 0 saturated heterocycles. The minimum Gasteiger partial charge on any atom is -0.493 e. The van der Waals surface area contributed by atoms with Gasteiger partial charge < -0.3 is 19.0 Å². The van der Waals surface area contributed by atoms with Gasteiger partial charge in [-0.25, -0.2) is 4.79 Å². The van der Waals surface area contributed by atoms with Gasteiger partial charge in [-0.3, -0.25) is 4.98 Å². The number of hydrogen-bond acceptors (Lipinski definition) is 6. The highest BCUT2D eigenvalue weighted by molar-refractivity contribution is 6.35. The molecule has 0 radical (unpaired) electrons. The number of carbonyl (C=O) groups excluding carboxylic acids is 1. The van der Waals surface area contributed by atoms with Crippen molar-refractivity contribution >= 4 is 40.1 Å². The summed E-state index contributed by atoms with van der Waals surface area (Å²) in [5, 5.41) is 12.0. The van der Waals surface area contributed by atoms with E-state index in [1.54, 1.807) is 19.1 Å². The molecule has 0 aliphatic rings. The molecule has 0 saturated carbocycles. The summed E-state index contributed by atoms with van der Waals surface area (Å²) in [5.41, 5.74) is 1.60. The summed E-state index contributed by atoms with van der Waals surface area (Å²) in [7, 11) is 1.49. The van der Waals surface area contributed by atoms with Gasteiger partial charge in [0.1, 0.15) is 11.8 Å². The largest absolute Gasteiger partial charge is 0.493 e. The van der Waals surface area contributed by atoms with E-state index in [1.165, 1.54) is 25.8 Å². The van der Waals surface area contributed by atoms with Crippen LogP contribution < -0.4 is 4.74 Å². The van der Waals surface area contributed by atoms with Crippen molar-refractivity contribution in [3.63, 3.8) is 0 Å². The number of rotatable bonds is 6.